The van der Waals surface area contributed by atoms with Crippen LogP contribution in [0, 0.1) is 5.92 Å². The molecule has 2 heteroatoms. The van der Waals surface area contributed by atoms with Crippen LogP contribution in [0.25, 0.3) is 0 Å². The van der Waals surface area contributed by atoms with Crippen molar-refractivity contribution in [2.45, 2.75) is 39.0 Å². The van der Waals surface area contributed by atoms with Crippen LogP contribution in [0.2, 0.25) is 0 Å². The summed E-state index contributed by atoms with van der Waals surface area (Å²) in [7, 11) is 0. The molecule has 0 spiro atoms. The first-order valence-corrected chi connectivity index (χ1v) is 6.33. The second-order valence-corrected chi connectivity index (χ2v) is 4.57. The molecule has 1 saturated carbocycles. The summed E-state index contributed by atoms with van der Waals surface area (Å²) < 4.78 is 0. The quantitative estimate of drug-likeness (QED) is 0.467. The summed E-state index contributed by atoms with van der Waals surface area (Å²) in [6.45, 7) is 6.18. The van der Waals surface area contributed by atoms with E-state index in [9.17, 15) is 0 Å². The Bertz CT molecular complexity index is 123. The largest absolute Gasteiger partial charge is 0.303 e. The maximum Gasteiger partial charge on any atom is 0.000954 e. The van der Waals surface area contributed by atoms with Gasteiger partial charge in [0, 0.05) is 6.54 Å². The number of rotatable bonds is 8. The lowest BCUT2D eigenvalue weighted by molar-refractivity contribution is 0.270. The summed E-state index contributed by atoms with van der Waals surface area (Å²) in [5.74, 6) is 2.10. The molecular weight excluding hydrogens is 178 g/mol. The minimum atomic E-state index is 1.05. The average Bonchev–Trinajstić information content (AvgIpc) is 2.94. The average molecular weight is 201 g/mol. The zero-order chi connectivity index (χ0) is 9.52. The molecule has 0 heterocycles. The summed E-state index contributed by atoms with van der Waals surface area (Å²) in [5.41, 5.74) is 0. The lowest BCUT2D eigenvalue weighted by Gasteiger charge is -2.19. The van der Waals surface area contributed by atoms with Crippen molar-refractivity contribution in [3.05, 3.63) is 0 Å². The topological polar surface area (TPSA) is 3.24 Å². The Labute approximate surface area is 88.3 Å². The lowest BCUT2D eigenvalue weighted by Crippen LogP contribution is -2.26. The third-order valence-corrected chi connectivity index (χ3v) is 3.11. The van der Waals surface area contributed by atoms with E-state index < -0.39 is 0 Å². The van der Waals surface area contributed by atoms with Crippen molar-refractivity contribution in [1.29, 1.82) is 0 Å². The molecule has 1 fully saturated rings. The van der Waals surface area contributed by atoms with E-state index in [1.807, 2.05) is 0 Å². The van der Waals surface area contributed by atoms with Gasteiger partial charge in [-0.2, -0.15) is 12.6 Å². The molecule has 0 N–H and O–H groups in total. The van der Waals surface area contributed by atoms with Gasteiger partial charge in [-0.1, -0.05) is 13.3 Å². The molecule has 0 saturated heterocycles. The van der Waals surface area contributed by atoms with Gasteiger partial charge < -0.3 is 4.90 Å². The third kappa shape index (κ3) is 5.58. The van der Waals surface area contributed by atoms with Gasteiger partial charge >= 0.3 is 0 Å². The Morgan fingerprint density at radius 1 is 1.23 bits per heavy atom. The first-order valence-electron chi connectivity index (χ1n) is 5.70. The molecule has 0 aliphatic heterocycles. The molecule has 0 amide bonds. The molecule has 0 unspecified atom stereocenters. The Morgan fingerprint density at radius 2 is 2.00 bits per heavy atom. The number of hydrogen-bond donors (Lipinski definition) is 1. The maximum absolute atomic E-state index is 4.22. The third-order valence-electron chi connectivity index (χ3n) is 2.79. The zero-order valence-corrected chi connectivity index (χ0v) is 9.73. The van der Waals surface area contributed by atoms with Crippen molar-refractivity contribution in [2.24, 2.45) is 5.92 Å². The van der Waals surface area contributed by atoms with Crippen LogP contribution in [0.3, 0.4) is 0 Å². The van der Waals surface area contributed by atoms with E-state index in [0.29, 0.717) is 0 Å². The molecule has 0 aromatic carbocycles. The molecule has 1 nitrogen and oxygen atoms in total. The molecule has 13 heavy (non-hydrogen) atoms. The molecule has 0 bridgehead atoms. The van der Waals surface area contributed by atoms with Crippen molar-refractivity contribution in [3.63, 3.8) is 0 Å². The van der Waals surface area contributed by atoms with E-state index in [0.717, 1.165) is 11.7 Å². The fourth-order valence-corrected chi connectivity index (χ4v) is 1.89. The van der Waals surface area contributed by atoms with Gasteiger partial charge in [0.1, 0.15) is 0 Å². The van der Waals surface area contributed by atoms with Gasteiger partial charge in [0.15, 0.2) is 0 Å². The van der Waals surface area contributed by atoms with Crippen LogP contribution in [-0.2, 0) is 0 Å². The summed E-state index contributed by atoms with van der Waals surface area (Å²) in [5, 5.41) is 0. The highest BCUT2D eigenvalue weighted by Gasteiger charge is 2.23. The lowest BCUT2D eigenvalue weighted by atomic mass is 10.2. The van der Waals surface area contributed by atoms with E-state index in [-0.39, 0.29) is 0 Å². The van der Waals surface area contributed by atoms with Gasteiger partial charge in [-0.3, -0.25) is 0 Å². The van der Waals surface area contributed by atoms with Crippen molar-refractivity contribution in [3.8, 4) is 0 Å². The molecular formula is C11H23NS. The number of nitrogens with zero attached hydrogens (tertiary/aromatic N) is 1. The Morgan fingerprint density at radius 3 is 2.54 bits per heavy atom. The van der Waals surface area contributed by atoms with Crippen LogP contribution < -0.4 is 0 Å². The normalized spacial score (nSPS) is 16.8. The van der Waals surface area contributed by atoms with Gasteiger partial charge in [-0.05, 0) is 50.4 Å². The summed E-state index contributed by atoms with van der Waals surface area (Å²) in [6.07, 6.45) is 6.95. The van der Waals surface area contributed by atoms with E-state index >= 15 is 0 Å². The Balaban J connectivity index is 1.94. The first-order chi connectivity index (χ1) is 6.36. The Hall–Kier alpha value is 0.310. The van der Waals surface area contributed by atoms with E-state index in [1.165, 1.54) is 51.7 Å². The van der Waals surface area contributed by atoms with Gasteiger partial charge in [-0.15, -0.1) is 0 Å². The van der Waals surface area contributed by atoms with Gasteiger partial charge in [-0.25, -0.2) is 0 Å². The minimum absolute atomic E-state index is 1.05. The predicted molar refractivity (Wildman–Crippen MR) is 62.5 cm³/mol. The van der Waals surface area contributed by atoms with Crippen LogP contribution in [0.15, 0.2) is 0 Å². The number of thiol groups is 1. The SMILES string of the molecule is CCN(CCCCCS)CC1CC1. The highest BCUT2D eigenvalue weighted by atomic mass is 32.1. The van der Waals surface area contributed by atoms with Crippen molar-refractivity contribution in [1.82, 2.24) is 4.90 Å². The maximum atomic E-state index is 4.22. The minimum Gasteiger partial charge on any atom is -0.303 e. The van der Waals surface area contributed by atoms with Crippen molar-refractivity contribution < 1.29 is 0 Å². The fourth-order valence-electron chi connectivity index (χ4n) is 1.67. The van der Waals surface area contributed by atoms with Crippen LogP contribution in [0.1, 0.15) is 39.0 Å². The van der Waals surface area contributed by atoms with Gasteiger partial charge in [0.05, 0.1) is 0 Å². The fraction of sp³-hybridized carbons (Fsp3) is 1.00. The summed E-state index contributed by atoms with van der Waals surface area (Å²) in [6, 6.07) is 0. The van der Waals surface area contributed by atoms with Crippen LogP contribution in [-0.4, -0.2) is 30.3 Å². The standard InChI is InChI=1S/C11H23NS/c1-2-12(10-11-6-7-11)8-4-3-5-9-13/h11,13H,2-10H2,1H3. The van der Waals surface area contributed by atoms with Crippen molar-refractivity contribution >= 4 is 12.6 Å². The molecule has 1 rings (SSSR count). The van der Waals surface area contributed by atoms with E-state index in [4.69, 9.17) is 0 Å². The molecule has 0 aromatic heterocycles. The summed E-state index contributed by atoms with van der Waals surface area (Å²) in [4.78, 5) is 2.61. The van der Waals surface area contributed by atoms with Gasteiger partial charge in [0.2, 0.25) is 0 Å². The predicted octanol–water partition coefficient (Wildman–Crippen LogP) is 2.82. The van der Waals surface area contributed by atoms with Crippen molar-refractivity contribution in [2.75, 3.05) is 25.4 Å². The van der Waals surface area contributed by atoms with Gasteiger partial charge in [0.25, 0.3) is 0 Å². The second-order valence-electron chi connectivity index (χ2n) is 4.12. The monoisotopic (exact) mass is 201 g/mol. The first kappa shape index (κ1) is 11.4. The zero-order valence-electron chi connectivity index (χ0n) is 8.84. The molecule has 1 aliphatic carbocycles. The molecule has 0 aromatic rings. The number of hydrogen-bond acceptors (Lipinski definition) is 2. The van der Waals surface area contributed by atoms with Crippen LogP contribution in [0.5, 0.6) is 0 Å². The molecule has 78 valence electrons. The molecule has 1 aliphatic rings. The number of unbranched alkanes of at least 4 members (excludes halogenated alkanes) is 2. The Kier molecular flexibility index (Phi) is 5.88. The summed E-state index contributed by atoms with van der Waals surface area (Å²) >= 11 is 4.22. The van der Waals surface area contributed by atoms with Crippen LogP contribution >= 0.6 is 12.6 Å². The smallest absolute Gasteiger partial charge is 0.000954 e. The highest BCUT2D eigenvalue weighted by molar-refractivity contribution is 7.80. The van der Waals surface area contributed by atoms with Crippen LogP contribution in [0.4, 0.5) is 0 Å². The highest BCUT2D eigenvalue weighted by Crippen LogP contribution is 2.29. The molecule has 0 atom stereocenters. The van der Waals surface area contributed by atoms with E-state index in [2.05, 4.69) is 24.5 Å². The van der Waals surface area contributed by atoms with E-state index in [1.54, 1.807) is 0 Å². The molecule has 0 radical (unpaired) electrons. The second kappa shape index (κ2) is 6.72.